The molecule has 0 aromatic heterocycles. The molecular weight excluding hydrogens is 178 g/mol. The van der Waals surface area contributed by atoms with E-state index < -0.39 is 0 Å². The van der Waals surface area contributed by atoms with Crippen LogP contribution >= 0.6 is 0 Å². The van der Waals surface area contributed by atoms with Crippen LogP contribution in [-0.2, 0) is 9.63 Å². The van der Waals surface area contributed by atoms with E-state index in [2.05, 4.69) is 0 Å². The van der Waals surface area contributed by atoms with Gasteiger partial charge in [0, 0.05) is 6.42 Å². The van der Waals surface area contributed by atoms with Crippen LogP contribution in [-0.4, -0.2) is 24.1 Å². The molecule has 1 aliphatic heterocycles. The lowest BCUT2D eigenvalue weighted by Crippen LogP contribution is -2.28. The van der Waals surface area contributed by atoms with E-state index in [0.29, 0.717) is 12.3 Å². The monoisotopic (exact) mass is 197 g/mol. The summed E-state index contributed by atoms with van der Waals surface area (Å²) in [6.45, 7) is 1.52. The Labute approximate surface area is 85.4 Å². The molecule has 0 unspecified atom stereocenters. The number of amides is 1. The smallest absolute Gasteiger partial charge is 0.246 e. The molecular formula is C11H19NO2. The SMILES string of the molecule is O=C(CC1CCCCC1)N1CCCO1. The lowest BCUT2D eigenvalue weighted by atomic mass is 9.87. The van der Waals surface area contributed by atoms with Gasteiger partial charge in [0.2, 0.25) is 5.91 Å². The van der Waals surface area contributed by atoms with Crippen LogP contribution in [0.3, 0.4) is 0 Å². The van der Waals surface area contributed by atoms with Gasteiger partial charge in [-0.15, -0.1) is 0 Å². The molecule has 1 saturated heterocycles. The van der Waals surface area contributed by atoms with E-state index in [0.717, 1.165) is 19.6 Å². The third kappa shape index (κ3) is 2.47. The highest BCUT2D eigenvalue weighted by Gasteiger charge is 2.23. The van der Waals surface area contributed by atoms with Gasteiger partial charge in [-0.1, -0.05) is 19.3 Å². The number of carbonyl (C=O) groups excluding carboxylic acids is 1. The van der Waals surface area contributed by atoms with Crippen LogP contribution in [0.15, 0.2) is 0 Å². The van der Waals surface area contributed by atoms with Gasteiger partial charge in [-0.2, -0.15) is 0 Å². The molecule has 14 heavy (non-hydrogen) atoms. The number of carbonyl (C=O) groups is 1. The van der Waals surface area contributed by atoms with E-state index in [1.807, 2.05) is 0 Å². The molecule has 1 amide bonds. The van der Waals surface area contributed by atoms with Gasteiger partial charge in [-0.25, -0.2) is 5.06 Å². The maximum Gasteiger partial charge on any atom is 0.246 e. The molecule has 0 spiro atoms. The van der Waals surface area contributed by atoms with Gasteiger partial charge >= 0.3 is 0 Å². The maximum absolute atomic E-state index is 11.7. The molecule has 1 aliphatic carbocycles. The molecule has 2 fully saturated rings. The van der Waals surface area contributed by atoms with Crippen LogP contribution in [0.4, 0.5) is 0 Å². The molecule has 1 heterocycles. The molecule has 2 rings (SSSR count). The van der Waals surface area contributed by atoms with E-state index in [1.165, 1.54) is 32.1 Å². The molecule has 2 aliphatic rings. The summed E-state index contributed by atoms with van der Waals surface area (Å²) in [7, 11) is 0. The Morgan fingerprint density at radius 1 is 1.21 bits per heavy atom. The second-order valence-electron chi connectivity index (χ2n) is 4.39. The van der Waals surface area contributed by atoms with Gasteiger partial charge in [0.25, 0.3) is 0 Å². The Morgan fingerprint density at radius 3 is 2.64 bits per heavy atom. The predicted octanol–water partition coefficient (Wildman–Crippen LogP) is 2.12. The van der Waals surface area contributed by atoms with Crippen LogP contribution in [0, 0.1) is 5.92 Å². The van der Waals surface area contributed by atoms with Crippen LogP contribution in [0.25, 0.3) is 0 Å². The van der Waals surface area contributed by atoms with E-state index in [4.69, 9.17) is 4.84 Å². The summed E-state index contributed by atoms with van der Waals surface area (Å²) in [5, 5.41) is 1.56. The Balaban J connectivity index is 1.75. The lowest BCUT2D eigenvalue weighted by molar-refractivity contribution is -0.170. The minimum absolute atomic E-state index is 0.203. The fourth-order valence-corrected chi connectivity index (χ4v) is 2.38. The van der Waals surface area contributed by atoms with Gasteiger partial charge in [-0.05, 0) is 25.2 Å². The molecule has 3 nitrogen and oxygen atoms in total. The number of rotatable bonds is 2. The summed E-state index contributed by atoms with van der Waals surface area (Å²) in [6, 6.07) is 0. The molecule has 0 atom stereocenters. The summed E-state index contributed by atoms with van der Waals surface area (Å²) in [6.07, 6.45) is 8.14. The van der Waals surface area contributed by atoms with Crippen molar-refractivity contribution in [2.24, 2.45) is 5.92 Å². The number of hydrogen-bond acceptors (Lipinski definition) is 2. The predicted molar refractivity (Wildman–Crippen MR) is 53.5 cm³/mol. The molecule has 0 N–H and O–H groups in total. The van der Waals surface area contributed by atoms with Crippen molar-refractivity contribution < 1.29 is 9.63 Å². The first-order valence-electron chi connectivity index (χ1n) is 5.79. The highest BCUT2D eigenvalue weighted by Crippen LogP contribution is 2.27. The van der Waals surface area contributed by atoms with Crippen molar-refractivity contribution in [2.45, 2.75) is 44.9 Å². The van der Waals surface area contributed by atoms with E-state index in [-0.39, 0.29) is 5.91 Å². The number of nitrogens with zero attached hydrogens (tertiary/aromatic N) is 1. The topological polar surface area (TPSA) is 29.5 Å². The average Bonchev–Trinajstić information content (AvgIpc) is 2.72. The fourth-order valence-electron chi connectivity index (χ4n) is 2.38. The number of hydrogen-bond donors (Lipinski definition) is 0. The van der Waals surface area contributed by atoms with Crippen molar-refractivity contribution in [2.75, 3.05) is 13.2 Å². The van der Waals surface area contributed by atoms with Gasteiger partial charge in [0.1, 0.15) is 0 Å². The largest absolute Gasteiger partial charge is 0.273 e. The summed E-state index contributed by atoms with van der Waals surface area (Å²) in [4.78, 5) is 17.0. The standard InChI is InChI=1S/C11H19NO2/c13-11(12-7-4-8-14-12)9-10-5-2-1-3-6-10/h10H,1-9H2. The Hall–Kier alpha value is -0.570. The first kappa shape index (κ1) is 9.97. The normalized spacial score (nSPS) is 24.1. The van der Waals surface area contributed by atoms with Crippen molar-refractivity contribution in [3.8, 4) is 0 Å². The van der Waals surface area contributed by atoms with Gasteiger partial charge in [0.05, 0.1) is 13.2 Å². The van der Waals surface area contributed by atoms with Crippen LogP contribution in [0.1, 0.15) is 44.9 Å². The first-order valence-corrected chi connectivity index (χ1v) is 5.79. The molecule has 80 valence electrons. The van der Waals surface area contributed by atoms with Crippen molar-refractivity contribution in [3.63, 3.8) is 0 Å². The Bertz CT molecular complexity index is 193. The van der Waals surface area contributed by atoms with Crippen molar-refractivity contribution in [1.82, 2.24) is 5.06 Å². The van der Waals surface area contributed by atoms with Crippen LogP contribution in [0.5, 0.6) is 0 Å². The van der Waals surface area contributed by atoms with Gasteiger partial charge < -0.3 is 0 Å². The third-order valence-corrected chi connectivity index (χ3v) is 3.22. The molecule has 0 aromatic carbocycles. The molecule has 3 heteroatoms. The second-order valence-corrected chi connectivity index (χ2v) is 4.39. The molecule has 0 aromatic rings. The quantitative estimate of drug-likeness (QED) is 0.678. The zero-order valence-corrected chi connectivity index (χ0v) is 8.71. The highest BCUT2D eigenvalue weighted by molar-refractivity contribution is 5.75. The van der Waals surface area contributed by atoms with Crippen molar-refractivity contribution in [3.05, 3.63) is 0 Å². The zero-order valence-electron chi connectivity index (χ0n) is 8.71. The molecule has 0 bridgehead atoms. The minimum atomic E-state index is 0.203. The fraction of sp³-hybridized carbons (Fsp3) is 0.909. The second kappa shape index (κ2) is 4.78. The number of hydroxylamine groups is 2. The summed E-state index contributed by atoms with van der Waals surface area (Å²) >= 11 is 0. The molecule has 1 saturated carbocycles. The molecule has 0 radical (unpaired) electrons. The third-order valence-electron chi connectivity index (χ3n) is 3.22. The minimum Gasteiger partial charge on any atom is -0.273 e. The Kier molecular flexibility index (Phi) is 3.40. The highest BCUT2D eigenvalue weighted by atomic mass is 16.7. The Morgan fingerprint density at radius 2 is 2.00 bits per heavy atom. The summed E-state index contributed by atoms with van der Waals surface area (Å²) < 4.78 is 0. The average molecular weight is 197 g/mol. The van der Waals surface area contributed by atoms with Crippen molar-refractivity contribution in [1.29, 1.82) is 0 Å². The van der Waals surface area contributed by atoms with E-state index in [9.17, 15) is 4.79 Å². The lowest BCUT2D eigenvalue weighted by Gasteiger charge is -2.23. The zero-order chi connectivity index (χ0) is 9.80. The van der Waals surface area contributed by atoms with Crippen molar-refractivity contribution >= 4 is 5.91 Å². The summed E-state index contributed by atoms with van der Waals surface area (Å²) in [5.41, 5.74) is 0. The van der Waals surface area contributed by atoms with Gasteiger partial charge in [-0.3, -0.25) is 9.63 Å². The van der Waals surface area contributed by atoms with Gasteiger partial charge in [0.15, 0.2) is 0 Å². The van der Waals surface area contributed by atoms with Crippen LogP contribution in [0.2, 0.25) is 0 Å². The van der Waals surface area contributed by atoms with E-state index in [1.54, 1.807) is 5.06 Å². The summed E-state index contributed by atoms with van der Waals surface area (Å²) in [5.74, 6) is 0.829. The van der Waals surface area contributed by atoms with Crippen LogP contribution < -0.4 is 0 Å². The first-order chi connectivity index (χ1) is 6.86. The maximum atomic E-state index is 11.7. The van der Waals surface area contributed by atoms with E-state index >= 15 is 0 Å².